The number of benzene rings is 1. The molecule has 1 aromatic carbocycles. The monoisotopic (exact) mass is 363 g/mol. The Morgan fingerprint density at radius 3 is 2.96 bits per heavy atom. The molecule has 0 saturated carbocycles. The first-order valence-corrected chi connectivity index (χ1v) is 7.73. The molecular weight excluding hydrogens is 349 g/mol. The molecule has 25 heavy (non-hydrogen) atoms. The first-order valence-electron chi connectivity index (χ1n) is 7.35. The Bertz CT molecular complexity index is 892. The first-order chi connectivity index (χ1) is 12.0. The van der Waals surface area contributed by atoms with Gasteiger partial charge in [-0.3, -0.25) is 9.48 Å². The minimum Gasteiger partial charge on any atom is -0.362 e. The molecule has 2 heterocycles. The maximum Gasteiger partial charge on any atom is 0.276 e. The summed E-state index contributed by atoms with van der Waals surface area (Å²) in [4.78, 5) is 12.2. The summed E-state index contributed by atoms with van der Waals surface area (Å²) in [5.74, 6) is -0.746. The summed E-state index contributed by atoms with van der Waals surface area (Å²) >= 11 is 6.01. The fraction of sp³-hybridized carbons (Fsp3) is 0.188. The number of nitrogens with one attached hydrogen (secondary N) is 1. The van der Waals surface area contributed by atoms with E-state index in [1.165, 1.54) is 23.0 Å². The summed E-state index contributed by atoms with van der Waals surface area (Å²) in [6, 6.07) is 5.78. The smallest absolute Gasteiger partial charge is 0.276 e. The average molecular weight is 364 g/mol. The van der Waals surface area contributed by atoms with Crippen LogP contribution in [0.3, 0.4) is 0 Å². The van der Waals surface area contributed by atoms with Gasteiger partial charge in [0.05, 0.1) is 18.4 Å². The van der Waals surface area contributed by atoms with E-state index in [0.29, 0.717) is 17.3 Å². The van der Waals surface area contributed by atoms with Gasteiger partial charge in [0, 0.05) is 24.5 Å². The van der Waals surface area contributed by atoms with Crippen LogP contribution in [0, 0.1) is 5.82 Å². The zero-order valence-electron chi connectivity index (χ0n) is 13.3. The number of hydrogen-bond acceptors (Lipinski definition) is 4. The van der Waals surface area contributed by atoms with Gasteiger partial charge in [-0.05, 0) is 23.8 Å². The molecule has 7 nitrogen and oxygen atoms in total. The van der Waals surface area contributed by atoms with Gasteiger partial charge in [0.2, 0.25) is 0 Å². The Balaban J connectivity index is 1.65. The predicted molar refractivity (Wildman–Crippen MR) is 89.9 cm³/mol. The van der Waals surface area contributed by atoms with Crippen molar-refractivity contribution in [2.24, 2.45) is 0 Å². The highest BCUT2D eigenvalue weighted by molar-refractivity contribution is 6.31. The van der Waals surface area contributed by atoms with Crippen molar-refractivity contribution >= 4 is 23.2 Å². The average Bonchev–Trinajstić information content (AvgIpc) is 3.20. The van der Waals surface area contributed by atoms with Gasteiger partial charge in [0.1, 0.15) is 12.5 Å². The van der Waals surface area contributed by atoms with Gasteiger partial charge in [-0.25, -0.2) is 9.07 Å². The second-order valence-electron chi connectivity index (χ2n) is 5.27. The van der Waals surface area contributed by atoms with Crippen molar-refractivity contribution in [3.63, 3.8) is 0 Å². The van der Waals surface area contributed by atoms with Crippen LogP contribution in [0.25, 0.3) is 0 Å². The van der Waals surface area contributed by atoms with Gasteiger partial charge < -0.3 is 10.1 Å². The van der Waals surface area contributed by atoms with E-state index in [1.807, 2.05) is 0 Å². The molecule has 0 aliphatic heterocycles. The van der Waals surface area contributed by atoms with Crippen LogP contribution in [0.2, 0.25) is 5.02 Å². The molecule has 0 atom stereocenters. The molecule has 1 amide bonds. The van der Waals surface area contributed by atoms with E-state index in [0.717, 1.165) is 5.56 Å². The Kier molecular flexibility index (Phi) is 5.11. The number of carbonyl (C=O) groups is 1. The molecule has 0 spiro atoms. The second kappa shape index (κ2) is 7.45. The molecule has 9 heteroatoms. The molecule has 0 radical (unpaired) electrons. The van der Waals surface area contributed by atoms with Crippen LogP contribution in [0.1, 0.15) is 16.1 Å². The zero-order chi connectivity index (χ0) is 17.8. The Labute approximate surface area is 148 Å². The molecule has 0 aliphatic rings. The minimum absolute atomic E-state index is 0.268. The Morgan fingerprint density at radius 1 is 1.36 bits per heavy atom. The lowest BCUT2D eigenvalue weighted by molar-refractivity contribution is 0.101. The van der Waals surface area contributed by atoms with Crippen LogP contribution >= 0.6 is 11.6 Å². The van der Waals surface area contributed by atoms with Gasteiger partial charge in [-0.15, -0.1) is 0 Å². The van der Waals surface area contributed by atoms with Crippen LogP contribution < -0.4 is 5.32 Å². The van der Waals surface area contributed by atoms with Gasteiger partial charge >= 0.3 is 0 Å². The molecule has 130 valence electrons. The lowest BCUT2D eigenvalue weighted by atomic mass is 10.2. The maximum atomic E-state index is 13.1. The third kappa shape index (κ3) is 4.23. The third-order valence-corrected chi connectivity index (χ3v) is 3.73. The SMILES string of the molecule is COCn1ccc(C(=O)Nc2cnn(Cc3ccc(F)cc3Cl)c2)n1. The molecule has 3 aromatic rings. The van der Waals surface area contributed by atoms with Crippen molar-refractivity contribution in [1.82, 2.24) is 19.6 Å². The topological polar surface area (TPSA) is 74.0 Å². The van der Waals surface area contributed by atoms with Gasteiger partial charge in [0.25, 0.3) is 5.91 Å². The van der Waals surface area contributed by atoms with Crippen LogP contribution in [0.15, 0.2) is 42.9 Å². The van der Waals surface area contributed by atoms with Gasteiger partial charge in [-0.2, -0.15) is 10.2 Å². The van der Waals surface area contributed by atoms with Gasteiger partial charge in [0.15, 0.2) is 5.69 Å². The fourth-order valence-corrected chi connectivity index (χ4v) is 2.45. The number of aromatic nitrogens is 4. The number of nitrogens with zero attached hydrogens (tertiary/aromatic N) is 4. The molecule has 3 rings (SSSR count). The first kappa shape index (κ1) is 17.1. The number of halogens is 2. The summed E-state index contributed by atoms with van der Waals surface area (Å²) in [6.45, 7) is 0.626. The standard InChI is InChI=1S/C16H15ClFN5O2/c1-25-10-22-5-4-15(21-22)16(24)20-13-7-19-23(9-13)8-11-2-3-12(18)6-14(11)17/h2-7,9H,8,10H2,1H3,(H,20,24). The summed E-state index contributed by atoms with van der Waals surface area (Å²) in [5, 5.41) is 11.3. The number of rotatable bonds is 6. The summed E-state index contributed by atoms with van der Waals surface area (Å²) in [5.41, 5.74) is 1.51. The van der Waals surface area contributed by atoms with E-state index in [9.17, 15) is 9.18 Å². The summed E-state index contributed by atoms with van der Waals surface area (Å²) in [6.07, 6.45) is 4.82. The van der Waals surface area contributed by atoms with E-state index in [-0.39, 0.29) is 18.3 Å². The predicted octanol–water partition coefficient (Wildman–Crippen LogP) is 2.78. The van der Waals surface area contributed by atoms with Crippen LogP contribution in [-0.2, 0) is 18.0 Å². The minimum atomic E-state index is -0.393. The third-order valence-electron chi connectivity index (χ3n) is 3.37. The van der Waals surface area contributed by atoms with E-state index >= 15 is 0 Å². The molecule has 0 unspecified atom stereocenters. The number of amides is 1. The fourth-order valence-electron chi connectivity index (χ4n) is 2.22. The van der Waals surface area contributed by atoms with E-state index in [1.54, 1.807) is 36.3 Å². The molecule has 0 aliphatic carbocycles. The highest BCUT2D eigenvalue weighted by atomic mass is 35.5. The Morgan fingerprint density at radius 2 is 2.20 bits per heavy atom. The van der Waals surface area contributed by atoms with Crippen molar-refractivity contribution in [3.8, 4) is 0 Å². The summed E-state index contributed by atoms with van der Waals surface area (Å²) in [7, 11) is 1.54. The van der Waals surface area contributed by atoms with E-state index in [4.69, 9.17) is 16.3 Å². The zero-order valence-corrected chi connectivity index (χ0v) is 14.1. The number of hydrogen-bond donors (Lipinski definition) is 1. The van der Waals surface area contributed by atoms with Crippen LogP contribution in [0.5, 0.6) is 0 Å². The highest BCUT2D eigenvalue weighted by Gasteiger charge is 2.11. The lowest BCUT2D eigenvalue weighted by Gasteiger charge is -2.04. The van der Waals surface area contributed by atoms with Gasteiger partial charge in [-0.1, -0.05) is 17.7 Å². The summed E-state index contributed by atoms with van der Waals surface area (Å²) < 4.78 is 21.1. The molecule has 0 bridgehead atoms. The number of ether oxygens (including phenoxy) is 1. The van der Waals surface area contributed by atoms with Crippen molar-refractivity contribution in [2.45, 2.75) is 13.3 Å². The van der Waals surface area contributed by atoms with Crippen molar-refractivity contribution in [2.75, 3.05) is 12.4 Å². The van der Waals surface area contributed by atoms with Crippen molar-refractivity contribution < 1.29 is 13.9 Å². The van der Waals surface area contributed by atoms with Crippen LogP contribution in [-0.4, -0.2) is 32.6 Å². The molecule has 0 saturated heterocycles. The largest absolute Gasteiger partial charge is 0.362 e. The maximum absolute atomic E-state index is 13.1. The van der Waals surface area contributed by atoms with Crippen molar-refractivity contribution in [3.05, 3.63) is 65.0 Å². The molecule has 0 fully saturated rings. The molecular formula is C16H15ClFN5O2. The van der Waals surface area contributed by atoms with Crippen LogP contribution in [0.4, 0.5) is 10.1 Å². The Hall–Kier alpha value is -2.71. The number of anilines is 1. The van der Waals surface area contributed by atoms with E-state index in [2.05, 4.69) is 15.5 Å². The normalized spacial score (nSPS) is 10.8. The van der Waals surface area contributed by atoms with E-state index < -0.39 is 5.82 Å². The second-order valence-corrected chi connectivity index (χ2v) is 5.68. The quantitative estimate of drug-likeness (QED) is 0.730. The lowest BCUT2D eigenvalue weighted by Crippen LogP contribution is -2.13. The molecule has 1 N–H and O–H groups in total. The highest BCUT2D eigenvalue weighted by Crippen LogP contribution is 2.19. The van der Waals surface area contributed by atoms with Crippen molar-refractivity contribution in [1.29, 1.82) is 0 Å². The molecule has 2 aromatic heterocycles. The number of methoxy groups -OCH3 is 1. The number of carbonyl (C=O) groups excluding carboxylic acids is 1.